The van der Waals surface area contributed by atoms with Crippen molar-refractivity contribution in [3.63, 3.8) is 0 Å². The average Bonchev–Trinajstić information content (AvgIpc) is 2.86. The third-order valence-corrected chi connectivity index (χ3v) is 6.39. The summed E-state index contributed by atoms with van der Waals surface area (Å²) in [6.07, 6.45) is 10.9. The monoisotopic (exact) mass is 343 g/mol. The molecule has 0 aliphatic heterocycles. The molecule has 0 aromatic carbocycles. The molecule has 0 aromatic rings. The topological polar surface area (TPSA) is 29.1 Å². The lowest BCUT2D eigenvalue weighted by Crippen LogP contribution is -2.43. The number of alkyl halides is 1. The van der Waals surface area contributed by atoms with Crippen molar-refractivity contribution in [3.05, 3.63) is 0 Å². The molecule has 0 bridgehead atoms. The fraction of sp³-hybridized carbons (Fsp3) is 0.941. The lowest BCUT2D eigenvalue weighted by molar-refractivity contribution is -0.132. The molecule has 0 heterocycles. The van der Waals surface area contributed by atoms with Gasteiger partial charge in [0.15, 0.2) is 0 Å². The minimum Gasteiger partial charge on any atom is -0.355 e. The van der Waals surface area contributed by atoms with Crippen LogP contribution >= 0.6 is 15.9 Å². The fourth-order valence-corrected chi connectivity index (χ4v) is 4.94. The first-order chi connectivity index (χ1) is 9.53. The van der Waals surface area contributed by atoms with Crippen LogP contribution in [0.1, 0.15) is 71.6 Å². The molecule has 2 rings (SSSR count). The Labute approximate surface area is 132 Å². The zero-order valence-electron chi connectivity index (χ0n) is 13.1. The molecule has 2 nitrogen and oxygen atoms in total. The van der Waals surface area contributed by atoms with Gasteiger partial charge in [-0.05, 0) is 43.9 Å². The highest BCUT2D eigenvalue weighted by atomic mass is 79.9. The summed E-state index contributed by atoms with van der Waals surface area (Å²) in [7, 11) is 0. The molecule has 2 aliphatic carbocycles. The van der Waals surface area contributed by atoms with Gasteiger partial charge in [-0.3, -0.25) is 4.79 Å². The van der Waals surface area contributed by atoms with E-state index in [1.54, 1.807) is 0 Å². The standard InChI is InChI=1S/C17H30BrNO/c1-13(2)11-17(9-5-6-10-17)16(20)19-12-14-7-3-4-8-15(14)18/h13-15H,3-12H2,1-2H3,(H,19,20). The van der Waals surface area contributed by atoms with E-state index in [1.165, 1.54) is 38.5 Å². The number of hydrogen-bond acceptors (Lipinski definition) is 1. The highest BCUT2D eigenvalue weighted by molar-refractivity contribution is 9.09. The third kappa shape index (κ3) is 3.99. The molecule has 2 aliphatic rings. The summed E-state index contributed by atoms with van der Waals surface area (Å²) in [6.45, 7) is 5.35. The SMILES string of the molecule is CC(C)CC1(C(=O)NCC2CCCCC2Br)CCCC1. The van der Waals surface area contributed by atoms with Crippen LogP contribution in [0.25, 0.3) is 0 Å². The Morgan fingerprint density at radius 3 is 2.45 bits per heavy atom. The van der Waals surface area contributed by atoms with E-state index in [1.807, 2.05) is 0 Å². The molecular formula is C17H30BrNO. The Morgan fingerprint density at radius 1 is 1.20 bits per heavy atom. The van der Waals surface area contributed by atoms with Crippen LogP contribution in [0.4, 0.5) is 0 Å². The number of halogens is 1. The van der Waals surface area contributed by atoms with Crippen molar-refractivity contribution in [2.45, 2.75) is 76.5 Å². The maximum Gasteiger partial charge on any atom is 0.226 e. The summed E-state index contributed by atoms with van der Waals surface area (Å²) in [6, 6.07) is 0. The van der Waals surface area contributed by atoms with Gasteiger partial charge in [0.25, 0.3) is 0 Å². The molecule has 2 fully saturated rings. The van der Waals surface area contributed by atoms with Gasteiger partial charge < -0.3 is 5.32 Å². The van der Waals surface area contributed by atoms with Crippen molar-refractivity contribution >= 4 is 21.8 Å². The second kappa shape index (κ2) is 7.29. The molecule has 2 saturated carbocycles. The average molecular weight is 344 g/mol. The molecule has 0 aromatic heterocycles. The maximum atomic E-state index is 12.7. The van der Waals surface area contributed by atoms with Gasteiger partial charge >= 0.3 is 0 Å². The van der Waals surface area contributed by atoms with Crippen molar-refractivity contribution in [1.82, 2.24) is 5.32 Å². The Bertz CT molecular complexity index is 323. The van der Waals surface area contributed by atoms with Crippen molar-refractivity contribution in [3.8, 4) is 0 Å². The van der Waals surface area contributed by atoms with Crippen molar-refractivity contribution in [2.24, 2.45) is 17.3 Å². The van der Waals surface area contributed by atoms with Crippen LogP contribution in [0.3, 0.4) is 0 Å². The fourth-order valence-electron chi connectivity index (χ4n) is 4.16. The van der Waals surface area contributed by atoms with Gasteiger partial charge in [0, 0.05) is 16.8 Å². The van der Waals surface area contributed by atoms with E-state index in [-0.39, 0.29) is 5.41 Å². The van der Waals surface area contributed by atoms with Crippen molar-refractivity contribution in [1.29, 1.82) is 0 Å². The zero-order valence-corrected chi connectivity index (χ0v) is 14.7. The first-order valence-corrected chi connectivity index (χ1v) is 9.37. The Morgan fingerprint density at radius 2 is 1.85 bits per heavy atom. The van der Waals surface area contributed by atoms with E-state index < -0.39 is 0 Å². The van der Waals surface area contributed by atoms with E-state index in [4.69, 9.17) is 0 Å². The first kappa shape index (κ1) is 16.3. The Kier molecular flexibility index (Phi) is 5.95. The molecule has 116 valence electrons. The molecule has 1 N–H and O–H groups in total. The number of amides is 1. The normalized spacial score (nSPS) is 29.6. The summed E-state index contributed by atoms with van der Waals surface area (Å²) in [5.41, 5.74) is -0.0509. The predicted octanol–water partition coefficient (Wildman–Crippen LogP) is 4.66. The quantitative estimate of drug-likeness (QED) is 0.722. The van der Waals surface area contributed by atoms with Crippen LogP contribution in [0.5, 0.6) is 0 Å². The number of hydrogen-bond donors (Lipinski definition) is 1. The second-order valence-corrected chi connectivity index (χ2v) is 8.53. The van der Waals surface area contributed by atoms with E-state index in [0.29, 0.717) is 22.6 Å². The predicted molar refractivity (Wildman–Crippen MR) is 88.0 cm³/mol. The highest BCUT2D eigenvalue weighted by Crippen LogP contribution is 2.43. The second-order valence-electron chi connectivity index (χ2n) is 7.36. The van der Waals surface area contributed by atoms with E-state index in [2.05, 4.69) is 35.1 Å². The van der Waals surface area contributed by atoms with Crippen molar-refractivity contribution < 1.29 is 4.79 Å². The summed E-state index contributed by atoms with van der Waals surface area (Å²) in [4.78, 5) is 13.3. The zero-order chi connectivity index (χ0) is 14.6. The molecule has 20 heavy (non-hydrogen) atoms. The first-order valence-electron chi connectivity index (χ1n) is 8.46. The van der Waals surface area contributed by atoms with E-state index >= 15 is 0 Å². The Hall–Kier alpha value is -0.0500. The number of rotatable bonds is 5. The summed E-state index contributed by atoms with van der Waals surface area (Å²) in [5, 5.41) is 3.30. The molecule has 2 atom stereocenters. The summed E-state index contributed by atoms with van der Waals surface area (Å²) in [5.74, 6) is 1.58. The van der Waals surface area contributed by atoms with Crippen LogP contribution in [0.2, 0.25) is 0 Å². The highest BCUT2D eigenvalue weighted by Gasteiger charge is 2.41. The Balaban J connectivity index is 1.88. The van der Waals surface area contributed by atoms with Crippen LogP contribution in [-0.4, -0.2) is 17.3 Å². The third-order valence-electron chi connectivity index (χ3n) is 5.18. The van der Waals surface area contributed by atoms with Crippen molar-refractivity contribution in [2.75, 3.05) is 6.54 Å². The van der Waals surface area contributed by atoms with Gasteiger partial charge in [0.05, 0.1) is 0 Å². The van der Waals surface area contributed by atoms with E-state index in [0.717, 1.165) is 25.8 Å². The smallest absolute Gasteiger partial charge is 0.226 e. The van der Waals surface area contributed by atoms with Gasteiger partial charge in [-0.2, -0.15) is 0 Å². The number of nitrogens with one attached hydrogen (secondary N) is 1. The van der Waals surface area contributed by atoms with Crippen LogP contribution in [0.15, 0.2) is 0 Å². The molecule has 0 radical (unpaired) electrons. The molecule has 0 saturated heterocycles. The largest absolute Gasteiger partial charge is 0.355 e. The van der Waals surface area contributed by atoms with Crippen LogP contribution < -0.4 is 5.32 Å². The van der Waals surface area contributed by atoms with Crippen LogP contribution in [-0.2, 0) is 4.79 Å². The van der Waals surface area contributed by atoms with Gasteiger partial charge in [-0.1, -0.05) is 55.5 Å². The minimum absolute atomic E-state index is 0.0509. The van der Waals surface area contributed by atoms with Gasteiger partial charge in [0.2, 0.25) is 5.91 Å². The number of carbonyl (C=O) groups excluding carboxylic acids is 1. The molecule has 2 unspecified atom stereocenters. The van der Waals surface area contributed by atoms with Gasteiger partial charge in [-0.15, -0.1) is 0 Å². The molecule has 3 heteroatoms. The molecular weight excluding hydrogens is 314 g/mol. The molecule has 1 amide bonds. The summed E-state index contributed by atoms with van der Waals surface area (Å²) >= 11 is 3.79. The van der Waals surface area contributed by atoms with E-state index in [9.17, 15) is 4.79 Å². The summed E-state index contributed by atoms with van der Waals surface area (Å²) < 4.78 is 0. The lowest BCUT2D eigenvalue weighted by Gasteiger charge is -2.32. The maximum absolute atomic E-state index is 12.7. The van der Waals surface area contributed by atoms with Gasteiger partial charge in [-0.25, -0.2) is 0 Å². The lowest BCUT2D eigenvalue weighted by atomic mass is 9.77. The minimum atomic E-state index is -0.0509. The van der Waals surface area contributed by atoms with Gasteiger partial charge in [0.1, 0.15) is 0 Å². The molecule has 0 spiro atoms. The number of carbonyl (C=O) groups is 1. The van der Waals surface area contributed by atoms with Crippen LogP contribution in [0, 0.1) is 17.3 Å².